The first kappa shape index (κ1) is 6.53. The predicted octanol–water partition coefficient (Wildman–Crippen LogP) is 1.93. The monoisotopic (exact) mass is 124 g/mol. The van der Waals surface area contributed by atoms with Crippen LogP contribution in [0.2, 0.25) is 0 Å². The number of carbonyl (C=O) groups excluding carboxylic acids is 1. The summed E-state index contributed by atoms with van der Waals surface area (Å²) in [6, 6.07) is 0. The second-order valence-electron chi connectivity index (χ2n) is 2.49. The second-order valence-corrected chi connectivity index (χ2v) is 2.49. The van der Waals surface area contributed by atoms with Crippen molar-refractivity contribution in [1.29, 1.82) is 0 Å². The second kappa shape index (κ2) is 2.81. The van der Waals surface area contributed by atoms with E-state index in [4.69, 9.17) is 0 Å². The Morgan fingerprint density at radius 3 is 2.89 bits per heavy atom. The van der Waals surface area contributed by atoms with Crippen LogP contribution in [0.5, 0.6) is 0 Å². The standard InChI is InChI=1S/C8H12O/c1-2-4-7-5-3-6-8(7)9/h2,4,7H,3,5-6H2,1H3/b4-2+/t7-/m1/s1. The highest BCUT2D eigenvalue weighted by molar-refractivity contribution is 5.84. The zero-order valence-corrected chi connectivity index (χ0v) is 5.76. The van der Waals surface area contributed by atoms with Crippen LogP contribution in [0.3, 0.4) is 0 Å². The van der Waals surface area contributed by atoms with Gasteiger partial charge in [-0.1, -0.05) is 12.2 Å². The molecule has 1 saturated carbocycles. The summed E-state index contributed by atoms with van der Waals surface area (Å²) in [4.78, 5) is 10.9. The molecular weight excluding hydrogens is 112 g/mol. The number of allylic oxidation sites excluding steroid dienone is 2. The Morgan fingerprint density at radius 1 is 1.67 bits per heavy atom. The lowest BCUT2D eigenvalue weighted by atomic mass is 10.1. The van der Waals surface area contributed by atoms with Crippen LogP contribution >= 0.6 is 0 Å². The molecule has 0 amide bonds. The van der Waals surface area contributed by atoms with Crippen molar-refractivity contribution >= 4 is 5.78 Å². The SMILES string of the molecule is C/C=C/[C@@H]1CCCC1=O. The van der Waals surface area contributed by atoms with Crippen molar-refractivity contribution in [2.75, 3.05) is 0 Å². The van der Waals surface area contributed by atoms with Crippen molar-refractivity contribution in [3.05, 3.63) is 12.2 Å². The van der Waals surface area contributed by atoms with E-state index in [1.165, 1.54) is 0 Å². The van der Waals surface area contributed by atoms with Crippen LogP contribution in [-0.4, -0.2) is 5.78 Å². The summed E-state index contributed by atoms with van der Waals surface area (Å²) in [5.41, 5.74) is 0. The predicted molar refractivity (Wildman–Crippen MR) is 37.2 cm³/mol. The molecule has 9 heavy (non-hydrogen) atoms. The number of ketones is 1. The van der Waals surface area contributed by atoms with Gasteiger partial charge in [-0.25, -0.2) is 0 Å². The maximum atomic E-state index is 10.9. The molecule has 1 aliphatic carbocycles. The Kier molecular flexibility index (Phi) is 2.04. The molecule has 0 aliphatic heterocycles. The number of hydrogen-bond donors (Lipinski definition) is 0. The molecule has 0 N–H and O–H groups in total. The smallest absolute Gasteiger partial charge is 0.139 e. The Hall–Kier alpha value is -0.590. The van der Waals surface area contributed by atoms with Gasteiger partial charge in [-0.15, -0.1) is 0 Å². The van der Waals surface area contributed by atoms with Crippen molar-refractivity contribution in [2.24, 2.45) is 5.92 Å². The fourth-order valence-corrected chi connectivity index (χ4v) is 1.28. The van der Waals surface area contributed by atoms with Crippen LogP contribution in [0.15, 0.2) is 12.2 Å². The Balaban J connectivity index is 2.49. The molecule has 0 spiro atoms. The van der Waals surface area contributed by atoms with Gasteiger partial charge in [0, 0.05) is 12.3 Å². The molecule has 0 bridgehead atoms. The summed E-state index contributed by atoms with van der Waals surface area (Å²) in [5.74, 6) is 0.683. The van der Waals surface area contributed by atoms with Gasteiger partial charge in [-0.05, 0) is 19.8 Å². The number of rotatable bonds is 1. The van der Waals surface area contributed by atoms with E-state index in [2.05, 4.69) is 0 Å². The number of Topliss-reactive ketones (excluding diaryl/α,β-unsaturated/α-hetero) is 1. The van der Waals surface area contributed by atoms with E-state index in [0.717, 1.165) is 19.3 Å². The van der Waals surface area contributed by atoms with Crippen LogP contribution in [0.25, 0.3) is 0 Å². The summed E-state index contributed by atoms with van der Waals surface area (Å²) in [6.07, 6.45) is 6.94. The first-order chi connectivity index (χ1) is 4.34. The number of hydrogen-bond acceptors (Lipinski definition) is 1. The highest BCUT2D eigenvalue weighted by atomic mass is 16.1. The lowest BCUT2D eigenvalue weighted by Gasteiger charge is -1.95. The minimum atomic E-state index is 0.259. The molecule has 0 heterocycles. The van der Waals surface area contributed by atoms with Crippen LogP contribution in [0, 0.1) is 5.92 Å². The molecule has 0 saturated heterocycles. The van der Waals surface area contributed by atoms with Crippen LogP contribution in [0.4, 0.5) is 0 Å². The summed E-state index contributed by atoms with van der Waals surface area (Å²) in [6.45, 7) is 1.96. The molecule has 0 unspecified atom stereocenters. The van der Waals surface area contributed by atoms with E-state index in [1.807, 2.05) is 19.1 Å². The van der Waals surface area contributed by atoms with E-state index in [1.54, 1.807) is 0 Å². The topological polar surface area (TPSA) is 17.1 Å². The zero-order valence-electron chi connectivity index (χ0n) is 5.76. The van der Waals surface area contributed by atoms with Crippen molar-refractivity contribution in [3.63, 3.8) is 0 Å². The maximum absolute atomic E-state index is 10.9. The first-order valence-corrected chi connectivity index (χ1v) is 3.50. The molecule has 1 fully saturated rings. The summed E-state index contributed by atoms with van der Waals surface area (Å²) >= 11 is 0. The van der Waals surface area contributed by atoms with Crippen LogP contribution < -0.4 is 0 Å². The molecule has 0 aromatic heterocycles. The van der Waals surface area contributed by atoms with Gasteiger partial charge in [0.05, 0.1) is 0 Å². The third-order valence-electron chi connectivity index (χ3n) is 1.78. The fraction of sp³-hybridized carbons (Fsp3) is 0.625. The lowest BCUT2D eigenvalue weighted by molar-refractivity contribution is -0.119. The van der Waals surface area contributed by atoms with Crippen molar-refractivity contribution in [1.82, 2.24) is 0 Å². The maximum Gasteiger partial charge on any atom is 0.139 e. The van der Waals surface area contributed by atoms with E-state index in [9.17, 15) is 4.79 Å². The van der Waals surface area contributed by atoms with E-state index in [0.29, 0.717) is 5.78 Å². The van der Waals surface area contributed by atoms with Gasteiger partial charge in [0.25, 0.3) is 0 Å². The lowest BCUT2D eigenvalue weighted by Crippen LogP contribution is -2.01. The molecule has 0 aromatic carbocycles. The van der Waals surface area contributed by atoms with Gasteiger partial charge in [0.1, 0.15) is 5.78 Å². The van der Waals surface area contributed by atoms with Gasteiger partial charge in [0.15, 0.2) is 0 Å². The highest BCUT2D eigenvalue weighted by Gasteiger charge is 2.20. The average Bonchev–Trinajstić information content (AvgIpc) is 2.18. The molecule has 1 atom stereocenters. The zero-order chi connectivity index (χ0) is 6.69. The van der Waals surface area contributed by atoms with Gasteiger partial charge < -0.3 is 0 Å². The fourth-order valence-electron chi connectivity index (χ4n) is 1.28. The Morgan fingerprint density at radius 2 is 2.44 bits per heavy atom. The average molecular weight is 124 g/mol. The Bertz CT molecular complexity index is 136. The molecule has 1 nitrogen and oxygen atoms in total. The van der Waals surface area contributed by atoms with E-state index < -0.39 is 0 Å². The third kappa shape index (κ3) is 1.41. The van der Waals surface area contributed by atoms with Gasteiger partial charge in [0.2, 0.25) is 0 Å². The molecule has 1 heteroatoms. The van der Waals surface area contributed by atoms with E-state index in [-0.39, 0.29) is 5.92 Å². The molecule has 0 radical (unpaired) electrons. The molecular formula is C8H12O. The van der Waals surface area contributed by atoms with Gasteiger partial charge in [-0.2, -0.15) is 0 Å². The minimum absolute atomic E-state index is 0.259. The van der Waals surface area contributed by atoms with E-state index >= 15 is 0 Å². The summed E-state index contributed by atoms with van der Waals surface area (Å²) in [5, 5.41) is 0. The quantitative estimate of drug-likeness (QED) is 0.488. The Labute approximate surface area is 55.8 Å². The molecule has 50 valence electrons. The van der Waals surface area contributed by atoms with Gasteiger partial charge >= 0.3 is 0 Å². The minimum Gasteiger partial charge on any atom is -0.299 e. The van der Waals surface area contributed by atoms with Crippen LogP contribution in [-0.2, 0) is 4.79 Å². The van der Waals surface area contributed by atoms with Crippen molar-refractivity contribution < 1.29 is 4.79 Å². The van der Waals surface area contributed by atoms with Gasteiger partial charge in [-0.3, -0.25) is 4.79 Å². The van der Waals surface area contributed by atoms with Crippen LogP contribution in [0.1, 0.15) is 26.2 Å². The normalized spacial score (nSPS) is 28.1. The third-order valence-corrected chi connectivity index (χ3v) is 1.78. The number of carbonyl (C=O) groups is 1. The molecule has 1 rings (SSSR count). The summed E-state index contributed by atoms with van der Waals surface area (Å²) < 4.78 is 0. The molecule has 1 aliphatic rings. The first-order valence-electron chi connectivity index (χ1n) is 3.50. The molecule has 0 aromatic rings. The highest BCUT2D eigenvalue weighted by Crippen LogP contribution is 2.21. The largest absolute Gasteiger partial charge is 0.299 e. The van der Waals surface area contributed by atoms with Crippen molar-refractivity contribution in [3.8, 4) is 0 Å². The van der Waals surface area contributed by atoms with Crippen molar-refractivity contribution in [2.45, 2.75) is 26.2 Å². The summed E-state index contributed by atoms with van der Waals surface area (Å²) in [7, 11) is 0.